The average molecular weight is 417 g/mol. The highest BCUT2D eigenvalue weighted by atomic mass is 127. The van der Waals surface area contributed by atoms with E-state index >= 15 is 0 Å². The van der Waals surface area contributed by atoms with Crippen molar-refractivity contribution in [2.75, 3.05) is 13.1 Å². The zero-order chi connectivity index (χ0) is 14.9. The molecular formula is C17H28IN3O. The normalized spacial score (nSPS) is 21.8. The third kappa shape index (κ3) is 6.96. The Bertz CT molecular complexity index is 431. The first-order valence-electron chi connectivity index (χ1n) is 8.04. The Balaban J connectivity index is 0.00000242. The van der Waals surface area contributed by atoms with Gasteiger partial charge < -0.3 is 15.7 Å². The van der Waals surface area contributed by atoms with Crippen LogP contribution < -0.4 is 10.6 Å². The molecule has 1 fully saturated rings. The summed E-state index contributed by atoms with van der Waals surface area (Å²) in [5.41, 5.74) is 1.32. The largest absolute Gasteiger partial charge is 0.393 e. The summed E-state index contributed by atoms with van der Waals surface area (Å²) in [6.07, 6.45) is 4.66. The number of aliphatic hydroxyl groups is 1. The number of benzene rings is 1. The van der Waals surface area contributed by atoms with Gasteiger partial charge in [-0.3, -0.25) is 4.99 Å². The minimum absolute atomic E-state index is 0. The number of rotatable bonds is 5. The summed E-state index contributed by atoms with van der Waals surface area (Å²) in [7, 11) is 0. The molecule has 0 spiro atoms. The van der Waals surface area contributed by atoms with E-state index in [4.69, 9.17) is 0 Å². The Morgan fingerprint density at radius 3 is 2.50 bits per heavy atom. The van der Waals surface area contributed by atoms with Gasteiger partial charge in [-0.1, -0.05) is 30.3 Å². The van der Waals surface area contributed by atoms with Gasteiger partial charge >= 0.3 is 0 Å². The summed E-state index contributed by atoms with van der Waals surface area (Å²) in [5.74, 6) is 0.898. The Kier molecular flexibility index (Phi) is 9.47. The number of hydrogen-bond acceptors (Lipinski definition) is 2. The van der Waals surface area contributed by atoms with E-state index in [1.54, 1.807) is 0 Å². The number of aliphatic imine (C=N–C) groups is 1. The standard InChI is InChI=1S/C17H27N3O.HI/c1-2-18-17(20-15-8-10-16(21)11-9-15)19-13-12-14-6-4-3-5-7-14;/h3-7,15-16,21H,2,8-13H2,1H3,(H2,18,19,20);1H. The number of aliphatic hydroxyl groups excluding tert-OH is 1. The van der Waals surface area contributed by atoms with Gasteiger partial charge in [0.05, 0.1) is 6.10 Å². The predicted molar refractivity (Wildman–Crippen MR) is 103 cm³/mol. The molecule has 0 unspecified atom stereocenters. The van der Waals surface area contributed by atoms with Crippen LogP contribution in [0.25, 0.3) is 0 Å². The van der Waals surface area contributed by atoms with Gasteiger partial charge in [0, 0.05) is 19.1 Å². The summed E-state index contributed by atoms with van der Waals surface area (Å²) >= 11 is 0. The van der Waals surface area contributed by atoms with Crippen LogP contribution in [0.3, 0.4) is 0 Å². The highest BCUT2D eigenvalue weighted by molar-refractivity contribution is 14.0. The van der Waals surface area contributed by atoms with Crippen molar-refractivity contribution in [2.45, 2.75) is 51.2 Å². The van der Waals surface area contributed by atoms with Crippen LogP contribution in [0.2, 0.25) is 0 Å². The lowest BCUT2D eigenvalue weighted by atomic mass is 9.93. The molecule has 5 heteroatoms. The highest BCUT2D eigenvalue weighted by Crippen LogP contribution is 2.18. The highest BCUT2D eigenvalue weighted by Gasteiger charge is 2.19. The van der Waals surface area contributed by atoms with Gasteiger partial charge in [-0.25, -0.2) is 0 Å². The van der Waals surface area contributed by atoms with Crippen LogP contribution in [0.4, 0.5) is 0 Å². The van der Waals surface area contributed by atoms with Gasteiger partial charge in [0.25, 0.3) is 0 Å². The lowest BCUT2D eigenvalue weighted by molar-refractivity contribution is 0.120. The van der Waals surface area contributed by atoms with E-state index in [0.29, 0.717) is 6.04 Å². The number of halogens is 1. The van der Waals surface area contributed by atoms with Crippen LogP contribution >= 0.6 is 24.0 Å². The molecule has 1 aliphatic rings. The van der Waals surface area contributed by atoms with Gasteiger partial charge in [0.2, 0.25) is 0 Å². The van der Waals surface area contributed by atoms with E-state index in [1.807, 2.05) is 6.07 Å². The molecule has 0 atom stereocenters. The van der Waals surface area contributed by atoms with E-state index in [1.165, 1.54) is 5.56 Å². The van der Waals surface area contributed by atoms with Gasteiger partial charge in [-0.05, 0) is 44.6 Å². The molecule has 0 saturated heterocycles. The van der Waals surface area contributed by atoms with Crippen LogP contribution in [0.15, 0.2) is 35.3 Å². The van der Waals surface area contributed by atoms with Crippen molar-refractivity contribution >= 4 is 29.9 Å². The molecule has 2 rings (SSSR count). The molecule has 0 aliphatic heterocycles. The molecule has 0 aromatic heterocycles. The fraction of sp³-hybridized carbons (Fsp3) is 0.588. The Morgan fingerprint density at radius 2 is 1.86 bits per heavy atom. The minimum atomic E-state index is -0.111. The van der Waals surface area contributed by atoms with E-state index in [-0.39, 0.29) is 30.1 Å². The summed E-state index contributed by atoms with van der Waals surface area (Å²) in [5, 5.41) is 16.4. The van der Waals surface area contributed by atoms with Crippen LogP contribution in [0, 0.1) is 0 Å². The molecule has 1 aromatic carbocycles. The quantitative estimate of drug-likeness (QED) is 0.392. The van der Waals surface area contributed by atoms with Crippen molar-refractivity contribution < 1.29 is 5.11 Å². The lowest BCUT2D eigenvalue weighted by Gasteiger charge is -2.27. The van der Waals surface area contributed by atoms with Crippen molar-refractivity contribution in [3.8, 4) is 0 Å². The van der Waals surface area contributed by atoms with E-state index < -0.39 is 0 Å². The molecule has 1 aromatic rings. The van der Waals surface area contributed by atoms with Crippen LogP contribution in [-0.4, -0.2) is 36.3 Å². The third-order valence-corrected chi connectivity index (χ3v) is 3.89. The Hall–Kier alpha value is -0.820. The molecule has 0 bridgehead atoms. The Labute approximate surface area is 150 Å². The second kappa shape index (κ2) is 10.8. The molecule has 22 heavy (non-hydrogen) atoms. The average Bonchev–Trinajstić information content (AvgIpc) is 2.51. The van der Waals surface area contributed by atoms with Crippen molar-refractivity contribution in [2.24, 2.45) is 4.99 Å². The summed E-state index contributed by atoms with van der Waals surface area (Å²) in [6, 6.07) is 10.9. The molecule has 1 saturated carbocycles. The van der Waals surface area contributed by atoms with Gasteiger partial charge in [0.15, 0.2) is 5.96 Å². The fourth-order valence-corrected chi connectivity index (χ4v) is 2.68. The van der Waals surface area contributed by atoms with Crippen molar-refractivity contribution in [1.82, 2.24) is 10.6 Å². The monoisotopic (exact) mass is 417 g/mol. The van der Waals surface area contributed by atoms with Gasteiger partial charge in [-0.2, -0.15) is 0 Å². The molecule has 3 N–H and O–H groups in total. The maximum atomic E-state index is 9.56. The fourth-order valence-electron chi connectivity index (χ4n) is 2.68. The number of nitrogens with one attached hydrogen (secondary N) is 2. The van der Waals surface area contributed by atoms with Crippen LogP contribution in [0.5, 0.6) is 0 Å². The van der Waals surface area contributed by atoms with Gasteiger partial charge in [0.1, 0.15) is 0 Å². The maximum Gasteiger partial charge on any atom is 0.191 e. The first kappa shape index (κ1) is 19.2. The van der Waals surface area contributed by atoms with Crippen molar-refractivity contribution in [3.05, 3.63) is 35.9 Å². The maximum absolute atomic E-state index is 9.56. The minimum Gasteiger partial charge on any atom is -0.393 e. The first-order valence-corrected chi connectivity index (χ1v) is 8.04. The van der Waals surface area contributed by atoms with Gasteiger partial charge in [-0.15, -0.1) is 24.0 Å². The number of guanidine groups is 1. The van der Waals surface area contributed by atoms with Crippen molar-refractivity contribution in [1.29, 1.82) is 0 Å². The van der Waals surface area contributed by atoms with Crippen molar-refractivity contribution in [3.63, 3.8) is 0 Å². The molecule has 4 nitrogen and oxygen atoms in total. The smallest absolute Gasteiger partial charge is 0.191 e. The SMILES string of the molecule is CCNC(=NCCc1ccccc1)NC1CCC(O)CC1.I. The summed E-state index contributed by atoms with van der Waals surface area (Å²) in [6.45, 7) is 3.74. The predicted octanol–water partition coefficient (Wildman–Crippen LogP) is 2.71. The topological polar surface area (TPSA) is 56.7 Å². The second-order valence-corrected chi connectivity index (χ2v) is 5.65. The third-order valence-electron chi connectivity index (χ3n) is 3.89. The molecule has 0 heterocycles. The molecule has 0 radical (unpaired) electrons. The summed E-state index contributed by atoms with van der Waals surface area (Å²) in [4.78, 5) is 4.65. The second-order valence-electron chi connectivity index (χ2n) is 5.65. The molecule has 0 amide bonds. The number of nitrogens with zero attached hydrogens (tertiary/aromatic N) is 1. The van der Waals surface area contributed by atoms with E-state index in [9.17, 15) is 5.11 Å². The van der Waals surface area contributed by atoms with E-state index in [0.717, 1.165) is 51.2 Å². The number of hydrogen-bond donors (Lipinski definition) is 3. The first-order chi connectivity index (χ1) is 10.3. The van der Waals surface area contributed by atoms with E-state index in [2.05, 4.69) is 46.8 Å². The molecular weight excluding hydrogens is 389 g/mol. The Morgan fingerprint density at radius 1 is 1.18 bits per heavy atom. The molecule has 1 aliphatic carbocycles. The zero-order valence-corrected chi connectivity index (χ0v) is 15.6. The zero-order valence-electron chi connectivity index (χ0n) is 13.3. The summed E-state index contributed by atoms with van der Waals surface area (Å²) < 4.78 is 0. The lowest BCUT2D eigenvalue weighted by Crippen LogP contribution is -2.45. The van der Waals surface area contributed by atoms with Crippen LogP contribution in [-0.2, 0) is 6.42 Å². The van der Waals surface area contributed by atoms with Crippen LogP contribution in [0.1, 0.15) is 38.2 Å². The molecule has 124 valence electrons.